The van der Waals surface area contributed by atoms with Crippen LogP contribution in [0.3, 0.4) is 0 Å². The topological polar surface area (TPSA) is 82.7 Å². The van der Waals surface area contributed by atoms with Crippen LogP contribution in [-0.2, 0) is 9.53 Å². The lowest BCUT2D eigenvalue weighted by molar-refractivity contribution is -0.114. The predicted octanol–water partition coefficient (Wildman–Crippen LogP) is 3.55. The summed E-state index contributed by atoms with van der Waals surface area (Å²) < 4.78 is 5.34. The minimum atomic E-state index is -0.193. The maximum atomic E-state index is 12.1. The Hall–Kier alpha value is -2.90. The Morgan fingerprint density at radius 2 is 1.70 bits per heavy atom. The third-order valence-corrected chi connectivity index (χ3v) is 4.95. The Labute approximate surface area is 177 Å². The van der Waals surface area contributed by atoms with Gasteiger partial charge in [-0.15, -0.1) is 0 Å². The number of benzene rings is 2. The molecule has 2 aromatic rings. The van der Waals surface area contributed by atoms with Crippen LogP contribution in [0.4, 0.5) is 16.2 Å². The molecule has 30 heavy (non-hydrogen) atoms. The number of rotatable bonds is 8. The summed E-state index contributed by atoms with van der Waals surface area (Å²) in [6.45, 7) is 6.84. The van der Waals surface area contributed by atoms with Crippen molar-refractivity contribution in [2.24, 2.45) is 0 Å². The van der Waals surface area contributed by atoms with Crippen LogP contribution in [0.5, 0.6) is 0 Å². The number of unbranched alkanes of at least 4 members (excludes halogenated alkanes) is 1. The van der Waals surface area contributed by atoms with E-state index in [1.807, 2.05) is 48.5 Å². The fourth-order valence-electron chi connectivity index (χ4n) is 3.39. The number of hydrogen-bond acceptors (Lipinski definition) is 4. The summed E-state index contributed by atoms with van der Waals surface area (Å²) in [7, 11) is 0. The van der Waals surface area contributed by atoms with Crippen molar-refractivity contribution < 1.29 is 14.3 Å². The first kappa shape index (κ1) is 21.8. The average molecular weight is 411 g/mol. The van der Waals surface area contributed by atoms with Gasteiger partial charge in [0.1, 0.15) is 0 Å². The van der Waals surface area contributed by atoms with Gasteiger partial charge < -0.3 is 20.7 Å². The number of morpholine rings is 1. The third-order valence-electron chi connectivity index (χ3n) is 4.95. The van der Waals surface area contributed by atoms with Crippen molar-refractivity contribution in [2.45, 2.75) is 19.8 Å². The second-order valence-electron chi connectivity index (χ2n) is 7.38. The molecule has 0 radical (unpaired) electrons. The molecular formula is C23H30N4O3. The summed E-state index contributed by atoms with van der Waals surface area (Å²) in [5.74, 6) is -0.0983. The van der Waals surface area contributed by atoms with E-state index in [1.165, 1.54) is 6.92 Å². The number of anilines is 2. The second-order valence-corrected chi connectivity index (χ2v) is 7.38. The molecule has 0 atom stereocenters. The summed E-state index contributed by atoms with van der Waals surface area (Å²) >= 11 is 0. The molecule has 0 saturated carbocycles. The van der Waals surface area contributed by atoms with Gasteiger partial charge in [-0.3, -0.25) is 9.69 Å². The van der Waals surface area contributed by atoms with Gasteiger partial charge in [-0.05, 0) is 54.8 Å². The van der Waals surface area contributed by atoms with Crippen LogP contribution >= 0.6 is 0 Å². The minimum Gasteiger partial charge on any atom is -0.379 e. The molecule has 3 amide bonds. The minimum absolute atomic E-state index is 0.0983. The van der Waals surface area contributed by atoms with Crippen LogP contribution in [0.15, 0.2) is 48.5 Å². The quantitative estimate of drug-likeness (QED) is 0.581. The molecule has 1 heterocycles. The van der Waals surface area contributed by atoms with E-state index in [0.29, 0.717) is 6.54 Å². The molecule has 0 unspecified atom stereocenters. The van der Waals surface area contributed by atoms with Crippen molar-refractivity contribution in [1.29, 1.82) is 0 Å². The second kappa shape index (κ2) is 11.3. The summed E-state index contributed by atoms with van der Waals surface area (Å²) in [5, 5.41) is 8.56. The number of hydrogen-bond donors (Lipinski definition) is 3. The molecule has 3 N–H and O–H groups in total. The molecule has 7 heteroatoms. The molecule has 1 saturated heterocycles. The highest BCUT2D eigenvalue weighted by Crippen LogP contribution is 2.24. The number of urea groups is 1. The lowest BCUT2D eigenvalue weighted by atomic mass is 10.0. The van der Waals surface area contributed by atoms with Gasteiger partial charge in [-0.1, -0.05) is 24.3 Å². The van der Waals surface area contributed by atoms with Crippen molar-refractivity contribution in [1.82, 2.24) is 10.2 Å². The molecule has 1 fully saturated rings. The van der Waals surface area contributed by atoms with Gasteiger partial charge in [-0.25, -0.2) is 4.79 Å². The SMILES string of the molecule is CC(=O)Nc1cccc(-c2ccc(NC(=O)NCCCCN3CCOCC3)cc2)c1. The number of carbonyl (C=O) groups excluding carboxylic acids is 2. The van der Waals surface area contributed by atoms with Crippen molar-refractivity contribution in [3.05, 3.63) is 48.5 Å². The number of carbonyl (C=O) groups is 2. The monoisotopic (exact) mass is 410 g/mol. The Bertz CT molecular complexity index is 833. The maximum Gasteiger partial charge on any atom is 0.319 e. The molecule has 1 aliphatic heterocycles. The van der Waals surface area contributed by atoms with Crippen molar-refractivity contribution in [3.8, 4) is 11.1 Å². The first-order chi connectivity index (χ1) is 14.6. The highest BCUT2D eigenvalue weighted by Gasteiger charge is 2.09. The molecule has 0 bridgehead atoms. The highest BCUT2D eigenvalue weighted by molar-refractivity contribution is 5.90. The number of nitrogens with one attached hydrogen (secondary N) is 3. The Balaban J connectivity index is 1.40. The van der Waals surface area contributed by atoms with Gasteiger partial charge in [0.2, 0.25) is 5.91 Å². The van der Waals surface area contributed by atoms with Crippen LogP contribution in [0.25, 0.3) is 11.1 Å². The first-order valence-electron chi connectivity index (χ1n) is 10.4. The molecule has 0 spiro atoms. The van der Waals surface area contributed by atoms with Crippen LogP contribution < -0.4 is 16.0 Å². The van der Waals surface area contributed by atoms with Crippen molar-refractivity contribution in [2.75, 3.05) is 50.0 Å². The standard InChI is InChI=1S/C23H30N4O3/c1-18(28)25-22-6-4-5-20(17-22)19-7-9-21(10-8-19)26-23(29)24-11-2-3-12-27-13-15-30-16-14-27/h4-10,17H,2-3,11-16H2,1H3,(H,25,28)(H2,24,26,29). The predicted molar refractivity (Wildman–Crippen MR) is 120 cm³/mol. The van der Waals surface area contributed by atoms with Crippen LogP contribution in [-0.4, -0.2) is 56.2 Å². The largest absolute Gasteiger partial charge is 0.379 e. The van der Waals surface area contributed by atoms with E-state index in [0.717, 1.165) is 68.2 Å². The van der Waals surface area contributed by atoms with Crippen LogP contribution in [0, 0.1) is 0 Å². The van der Waals surface area contributed by atoms with Crippen molar-refractivity contribution in [3.63, 3.8) is 0 Å². The lowest BCUT2D eigenvalue weighted by Crippen LogP contribution is -2.37. The molecule has 1 aliphatic rings. The van der Waals surface area contributed by atoms with Gasteiger partial charge >= 0.3 is 6.03 Å². The summed E-state index contributed by atoms with van der Waals surface area (Å²) in [4.78, 5) is 25.7. The Kier molecular flexibility index (Phi) is 8.23. The molecule has 0 aliphatic carbocycles. The van der Waals surface area contributed by atoms with E-state index in [1.54, 1.807) is 0 Å². The normalized spacial score (nSPS) is 14.2. The highest BCUT2D eigenvalue weighted by atomic mass is 16.5. The first-order valence-corrected chi connectivity index (χ1v) is 10.4. The van der Waals surface area contributed by atoms with Gasteiger partial charge in [0.15, 0.2) is 0 Å². The Morgan fingerprint density at radius 1 is 0.933 bits per heavy atom. The molecule has 160 valence electrons. The van der Waals surface area contributed by atoms with E-state index >= 15 is 0 Å². The van der Waals surface area contributed by atoms with E-state index < -0.39 is 0 Å². The lowest BCUT2D eigenvalue weighted by Gasteiger charge is -2.26. The molecule has 7 nitrogen and oxygen atoms in total. The third kappa shape index (κ3) is 7.17. The summed E-state index contributed by atoms with van der Waals surface area (Å²) in [6, 6.07) is 15.1. The molecular weight excluding hydrogens is 380 g/mol. The maximum absolute atomic E-state index is 12.1. The average Bonchev–Trinajstić information content (AvgIpc) is 2.74. The van der Waals surface area contributed by atoms with Crippen molar-refractivity contribution >= 4 is 23.3 Å². The zero-order valence-electron chi connectivity index (χ0n) is 17.4. The van der Waals surface area contributed by atoms with E-state index in [9.17, 15) is 9.59 Å². The molecule has 2 aromatic carbocycles. The molecule has 0 aromatic heterocycles. The fourth-order valence-corrected chi connectivity index (χ4v) is 3.39. The van der Waals surface area contributed by atoms with Gasteiger partial charge in [0.05, 0.1) is 13.2 Å². The van der Waals surface area contributed by atoms with Gasteiger partial charge in [0, 0.05) is 37.9 Å². The number of nitrogens with zero attached hydrogens (tertiary/aromatic N) is 1. The number of ether oxygens (including phenoxy) is 1. The Morgan fingerprint density at radius 3 is 2.43 bits per heavy atom. The zero-order chi connectivity index (χ0) is 21.2. The van der Waals surface area contributed by atoms with E-state index in [2.05, 4.69) is 20.9 Å². The van der Waals surface area contributed by atoms with Crippen LogP contribution in [0.1, 0.15) is 19.8 Å². The van der Waals surface area contributed by atoms with Crippen LogP contribution in [0.2, 0.25) is 0 Å². The van der Waals surface area contributed by atoms with Gasteiger partial charge in [-0.2, -0.15) is 0 Å². The van der Waals surface area contributed by atoms with Gasteiger partial charge in [0.25, 0.3) is 0 Å². The molecule has 3 rings (SSSR count). The van der Waals surface area contributed by atoms with E-state index in [-0.39, 0.29) is 11.9 Å². The fraction of sp³-hybridized carbons (Fsp3) is 0.391. The smallest absolute Gasteiger partial charge is 0.319 e. The zero-order valence-corrected chi connectivity index (χ0v) is 17.4. The van der Waals surface area contributed by atoms with E-state index in [4.69, 9.17) is 4.74 Å². The summed E-state index contributed by atoms with van der Waals surface area (Å²) in [5.41, 5.74) is 3.51. The summed E-state index contributed by atoms with van der Waals surface area (Å²) in [6.07, 6.45) is 2.01. The number of amides is 3.